The topological polar surface area (TPSA) is 73.6 Å². The second kappa shape index (κ2) is 6.99. The fourth-order valence-electron chi connectivity index (χ4n) is 1.67. The largest absolute Gasteiger partial charge is 0.497 e. The number of nitrogens with one attached hydrogen (secondary N) is 1. The molecule has 1 amide bonds. The van der Waals surface area contributed by atoms with E-state index >= 15 is 0 Å². The Morgan fingerprint density at radius 1 is 1.24 bits per heavy atom. The lowest BCUT2D eigenvalue weighted by Gasteiger charge is -2.10. The Kier molecular flexibility index (Phi) is 5.05. The standard InChI is InChI=1S/C15H15BrN2O3/c1-20-12-5-3-11(4-6-12)18-15(19)9-21-14-7-2-10(16)8-13(14)17/h2-8H,9,17H2,1H3,(H,18,19). The quantitative estimate of drug-likeness (QED) is 0.812. The first kappa shape index (κ1) is 15.2. The van der Waals surface area contributed by atoms with Crippen LogP contribution in [0.2, 0.25) is 0 Å². The van der Waals surface area contributed by atoms with Crippen molar-refractivity contribution in [1.29, 1.82) is 0 Å². The first-order valence-corrected chi connectivity index (χ1v) is 6.99. The summed E-state index contributed by atoms with van der Waals surface area (Å²) in [7, 11) is 1.59. The van der Waals surface area contributed by atoms with Crippen LogP contribution in [-0.2, 0) is 4.79 Å². The zero-order valence-corrected chi connectivity index (χ0v) is 13.0. The van der Waals surface area contributed by atoms with Crippen LogP contribution >= 0.6 is 15.9 Å². The van der Waals surface area contributed by atoms with Crippen LogP contribution in [0, 0.1) is 0 Å². The van der Waals surface area contributed by atoms with E-state index in [2.05, 4.69) is 21.2 Å². The third kappa shape index (κ3) is 4.39. The molecule has 0 aliphatic heterocycles. The minimum Gasteiger partial charge on any atom is -0.497 e. The Hall–Kier alpha value is -2.21. The van der Waals surface area contributed by atoms with E-state index in [-0.39, 0.29) is 12.5 Å². The maximum absolute atomic E-state index is 11.8. The second-order valence-electron chi connectivity index (χ2n) is 4.25. The summed E-state index contributed by atoms with van der Waals surface area (Å²) in [6.07, 6.45) is 0. The molecule has 2 rings (SSSR count). The lowest BCUT2D eigenvalue weighted by Crippen LogP contribution is -2.20. The van der Waals surface area contributed by atoms with Gasteiger partial charge in [-0.15, -0.1) is 0 Å². The number of rotatable bonds is 5. The van der Waals surface area contributed by atoms with Crippen LogP contribution < -0.4 is 20.5 Å². The lowest BCUT2D eigenvalue weighted by atomic mass is 10.3. The fourth-order valence-corrected chi connectivity index (χ4v) is 2.04. The third-order valence-electron chi connectivity index (χ3n) is 2.70. The van der Waals surface area contributed by atoms with E-state index in [1.54, 1.807) is 49.6 Å². The van der Waals surface area contributed by atoms with Crippen LogP contribution in [0.25, 0.3) is 0 Å². The van der Waals surface area contributed by atoms with Crippen molar-refractivity contribution in [2.75, 3.05) is 24.8 Å². The smallest absolute Gasteiger partial charge is 0.262 e. The first-order chi connectivity index (χ1) is 10.1. The predicted octanol–water partition coefficient (Wildman–Crippen LogP) is 3.06. The maximum Gasteiger partial charge on any atom is 0.262 e. The normalized spacial score (nSPS) is 10.0. The molecule has 0 aliphatic rings. The molecule has 3 N–H and O–H groups in total. The van der Waals surface area contributed by atoms with Gasteiger partial charge in [0.1, 0.15) is 11.5 Å². The van der Waals surface area contributed by atoms with Gasteiger partial charge >= 0.3 is 0 Å². The molecule has 0 spiro atoms. The van der Waals surface area contributed by atoms with Gasteiger partial charge in [-0.1, -0.05) is 15.9 Å². The average Bonchev–Trinajstić information content (AvgIpc) is 2.47. The van der Waals surface area contributed by atoms with Crippen LogP contribution in [0.5, 0.6) is 11.5 Å². The molecule has 110 valence electrons. The van der Waals surface area contributed by atoms with Crippen LogP contribution in [-0.4, -0.2) is 19.6 Å². The highest BCUT2D eigenvalue weighted by Crippen LogP contribution is 2.25. The van der Waals surface area contributed by atoms with Crippen molar-refractivity contribution in [1.82, 2.24) is 0 Å². The van der Waals surface area contributed by atoms with Crippen molar-refractivity contribution < 1.29 is 14.3 Å². The highest BCUT2D eigenvalue weighted by molar-refractivity contribution is 9.10. The number of hydrogen-bond acceptors (Lipinski definition) is 4. The first-order valence-electron chi connectivity index (χ1n) is 6.20. The van der Waals surface area contributed by atoms with Crippen molar-refractivity contribution in [3.63, 3.8) is 0 Å². The SMILES string of the molecule is COc1ccc(NC(=O)COc2ccc(Br)cc2N)cc1. The highest BCUT2D eigenvalue weighted by atomic mass is 79.9. The summed E-state index contributed by atoms with van der Waals surface area (Å²) in [5.74, 6) is 0.942. The van der Waals surface area contributed by atoms with Crippen molar-refractivity contribution in [3.05, 3.63) is 46.9 Å². The highest BCUT2D eigenvalue weighted by Gasteiger charge is 2.06. The lowest BCUT2D eigenvalue weighted by molar-refractivity contribution is -0.118. The average molecular weight is 351 g/mol. The van der Waals surface area contributed by atoms with Crippen molar-refractivity contribution in [2.24, 2.45) is 0 Å². The van der Waals surface area contributed by atoms with Gasteiger partial charge in [0.15, 0.2) is 6.61 Å². The molecule has 0 heterocycles. The van der Waals surface area contributed by atoms with E-state index in [1.807, 2.05) is 0 Å². The van der Waals surface area contributed by atoms with Gasteiger partial charge in [0.2, 0.25) is 0 Å². The Morgan fingerprint density at radius 3 is 2.57 bits per heavy atom. The summed E-state index contributed by atoms with van der Waals surface area (Å²) >= 11 is 3.31. The number of hydrogen-bond donors (Lipinski definition) is 2. The predicted molar refractivity (Wildman–Crippen MR) is 85.7 cm³/mol. The fraction of sp³-hybridized carbons (Fsp3) is 0.133. The number of methoxy groups -OCH3 is 1. The van der Waals surface area contributed by atoms with Crippen LogP contribution in [0.3, 0.4) is 0 Å². The van der Waals surface area contributed by atoms with Gasteiger partial charge in [-0.05, 0) is 42.5 Å². The van der Waals surface area contributed by atoms with Gasteiger partial charge in [-0.2, -0.15) is 0 Å². The van der Waals surface area contributed by atoms with E-state index in [0.717, 1.165) is 10.2 Å². The van der Waals surface area contributed by atoms with E-state index in [0.29, 0.717) is 17.1 Å². The zero-order chi connectivity index (χ0) is 15.2. The van der Waals surface area contributed by atoms with Gasteiger partial charge in [0.25, 0.3) is 5.91 Å². The summed E-state index contributed by atoms with van der Waals surface area (Å²) in [5, 5.41) is 2.72. The molecule has 0 bridgehead atoms. The Labute approximate surface area is 131 Å². The van der Waals surface area contributed by atoms with E-state index in [4.69, 9.17) is 15.2 Å². The molecule has 0 aromatic heterocycles. The Balaban J connectivity index is 1.89. The van der Waals surface area contributed by atoms with Crippen LogP contribution in [0.4, 0.5) is 11.4 Å². The molecule has 2 aromatic rings. The molecule has 0 saturated heterocycles. The number of amides is 1. The molecule has 0 unspecified atom stereocenters. The summed E-state index contributed by atoms with van der Waals surface area (Å²) in [5.41, 5.74) is 6.94. The van der Waals surface area contributed by atoms with Crippen LogP contribution in [0.1, 0.15) is 0 Å². The van der Waals surface area contributed by atoms with E-state index in [1.165, 1.54) is 0 Å². The van der Waals surface area contributed by atoms with Gasteiger partial charge in [-0.25, -0.2) is 0 Å². The van der Waals surface area contributed by atoms with Gasteiger partial charge in [-0.3, -0.25) is 4.79 Å². The van der Waals surface area contributed by atoms with Crippen molar-refractivity contribution in [2.45, 2.75) is 0 Å². The van der Waals surface area contributed by atoms with Gasteiger partial charge < -0.3 is 20.5 Å². The molecular formula is C15H15BrN2O3. The number of halogens is 1. The van der Waals surface area contributed by atoms with Gasteiger partial charge in [0, 0.05) is 10.2 Å². The number of nitrogen functional groups attached to an aromatic ring is 1. The van der Waals surface area contributed by atoms with E-state index in [9.17, 15) is 4.79 Å². The summed E-state index contributed by atoms with van der Waals surface area (Å²) in [4.78, 5) is 11.8. The molecule has 0 atom stereocenters. The van der Waals surface area contributed by atoms with Crippen molar-refractivity contribution in [3.8, 4) is 11.5 Å². The van der Waals surface area contributed by atoms with E-state index < -0.39 is 0 Å². The summed E-state index contributed by atoms with van der Waals surface area (Å²) in [6, 6.07) is 12.3. The summed E-state index contributed by atoms with van der Waals surface area (Å²) in [6.45, 7) is -0.113. The second-order valence-corrected chi connectivity index (χ2v) is 5.16. The molecule has 2 aromatic carbocycles. The Morgan fingerprint density at radius 2 is 1.95 bits per heavy atom. The van der Waals surface area contributed by atoms with Gasteiger partial charge in [0.05, 0.1) is 12.8 Å². The molecule has 0 fully saturated rings. The van der Waals surface area contributed by atoms with Crippen molar-refractivity contribution >= 4 is 33.2 Å². The number of anilines is 2. The minimum atomic E-state index is -0.262. The molecule has 5 nitrogen and oxygen atoms in total. The number of benzene rings is 2. The number of carbonyl (C=O) groups excluding carboxylic acids is 1. The minimum absolute atomic E-state index is 0.113. The summed E-state index contributed by atoms with van der Waals surface area (Å²) < 4.78 is 11.3. The third-order valence-corrected chi connectivity index (χ3v) is 3.20. The number of carbonyl (C=O) groups is 1. The number of nitrogens with two attached hydrogens (primary N) is 1. The number of ether oxygens (including phenoxy) is 2. The maximum atomic E-state index is 11.8. The molecular weight excluding hydrogens is 336 g/mol. The molecule has 0 aliphatic carbocycles. The zero-order valence-electron chi connectivity index (χ0n) is 11.4. The monoisotopic (exact) mass is 350 g/mol. The molecule has 0 saturated carbocycles. The molecule has 6 heteroatoms. The molecule has 0 radical (unpaired) electrons. The van der Waals surface area contributed by atoms with Crippen LogP contribution in [0.15, 0.2) is 46.9 Å². The Bertz CT molecular complexity index is 629. The molecule has 21 heavy (non-hydrogen) atoms.